The third kappa shape index (κ3) is 2.70. The minimum atomic E-state index is 0.488. The zero-order chi connectivity index (χ0) is 16.8. The van der Waals surface area contributed by atoms with E-state index in [1.54, 1.807) is 6.07 Å². The highest BCUT2D eigenvalue weighted by molar-refractivity contribution is 5.46. The molecule has 0 bridgehead atoms. The van der Waals surface area contributed by atoms with Crippen molar-refractivity contribution in [3.8, 4) is 6.07 Å². The van der Waals surface area contributed by atoms with E-state index >= 15 is 0 Å². The molecule has 4 heterocycles. The van der Waals surface area contributed by atoms with Crippen LogP contribution in [0.1, 0.15) is 30.1 Å². The van der Waals surface area contributed by atoms with Crippen molar-refractivity contribution < 1.29 is 0 Å². The SMILES string of the molecule is N#Cc1cccc(N2CC3CN(c4ccc(C5CC5)nn4)CC3C2)n1. The lowest BCUT2D eigenvalue weighted by molar-refractivity contribution is 0.533. The summed E-state index contributed by atoms with van der Waals surface area (Å²) in [5.74, 6) is 3.84. The molecule has 6 heteroatoms. The standard InChI is InChI=1S/C19H20N6/c20-8-16-2-1-3-18(21-16)24-9-14-11-25(12-15(14)10-24)19-7-6-17(22-23-19)13-4-5-13/h1-3,6-7,13-15H,4-5,9-12H2. The molecule has 5 rings (SSSR count). The van der Waals surface area contributed by atoms with Crippen LogP contribution in [0.3, 0.4) is 0 Å². The Morgan fingerprint density at radius 1 is 0.880 bits per heavy atom. The number of nitrogens with zero attached hydrogens (tertiary/aromatic N) is 6. The molecule has 6 nitrogen and oxygen atoms in total. The van der Waals surface area contributed by atoms with Crippen LogP contribution >= 0.6 is 0 Å². The highest BCUT2D eigenvalue weighted by Gasteiger charge is 2.41. The summed E-state index contributed by atoms with van der Waals surface area (Å²) in [4.78, 5) is 9.12. The van der Waals surface area contributed by atoms with Gasteiger partial charge in [0.2, 0.25) is 0 Å². The molecule has 3 fully saturated rings. The van der Waals surface area contributed by atoms with Gasteiger partial charge in [-0.15, -0.1) is 5.10 Å². The second-order valence-electron chi connectivity index (χ2n) is 7.41. The van der Waals surface area contributed by atoms with Crippen LogP contribution in [0, 0.1) is 23.2 Å². The number of pyridine rings is 1. The summed E-state index contributed by atoms with van der Waals surface area (Å²) in [6.07, 6.45) is 2.53. The number of hydrogen-bond donors (Lipinski definition) is 0. The Hall–Kier alpha value is -2.68. The smallest absolute Gasteiger partial charge is 0.151 e. The largest absolute Gasteiger partial charge is 0.356 e. The number of nitriles is 1. The van der Waals surface area contributed by atoms with Gasteiger partial charge in [-0.2, -0.15) is 10.4 Å². The van der Waals surface area contributed by atoms with E-state index in [0.29, 0.717) is 23.4 Å². The zero-order valence-corrected chi connectivity index (χ0v) is 14.0. The Kier molecular flexibility index (Phi) is 3.34. The lowest BCUT2D eigenvalue weighted by Crippen LogP contribution is -2.29. The van der Waals surface area contributed by atoms with E-state index in [9.17, 15) is 0 Å². The van der Waals surface area contributed by atoms with Crippen LogP contribution < -0.4 is 9.80 Å². The zero-order valence-electron chi connectivity index (χ0n) is 14.0. The van der Waals surface area contributed by atoms with Gasteiger partial charge in [0.05, 0.1) is 5.69 Å². The molecule has 2 aromatic rings. The van der Waals surface area contributed by atoms with Crippen LogP contribution in [-0.2, 0) is 0 Å². The van der Waals surface area contributed by atoms with Crippen molar-refractivity contribution in [2.45, 2.75) is 18.8 Å². The average molecular weight is 332 g/mol. The number of hydrogen-bond acceptors (Lipinski definition) is 6. The molecular weight excluding hydrogens is 312 g/mol. The summed E-state index contributed by atoms with van der Waals surface area (Å²) in [5, 5.41) is 17.9. The van der Waals surface area contributed by atoms with Crippen molar-refractivity contribution in [1.29, 1.82) is 5.26 Å². The molecule has 2 saturated heterocycles. The molecule has 25 heavy (non-hydrogen) atoms. The third-order valence-electron chi connectivity index (χ3n) is 5.65. The van der Waals surface area contributed by atoms with E-state index in [1.807, 2.05) is 12.1 Å². The van der Waals surface area contributed by atoms with Gasteiger partial charge in [0, 0.05) is 43.9 Å². The first kappa shape index (κ1) is 14.6. The van der Waals surface area contributed by atoms with Crippen molar-refractivity contribution in [1.82, 2.24) is 15.2 Å². The van der Waals surface area contributed by atoms with Crippen molar-refractivity contribution in [3.05, 3.63) is 41.7 Å². The van der Waals surface area contributed by atoms with Crippen LogP contribution in [0.4, 0.5) is 11.6 Å². The monoisotopic (exact) mass is 332 g/mol. The molecule has 1 saturated carbocycles. The molecule has 0 N–H and O–H groups in total. The summed E-state index contributed by atoms with van der Waals surface area (Å²) in [6, 6.07) is 12.1. The average Bonchev–Trinajstić information content (AvgIpc) is 3.31. The quantitative estimate of drug-likeness (QED) is 0.858. The molecule has 2 unspecified atom stereocenters. The van der Waals surface area contributed by atoms with Crippen molar-refractivity contribution in [2.75, 3.05) is 36.0 Å². The summed E-state index contributed by atoms with van der Waals surface area (Å²) in [7, 11) is 0. The molecule has 0 aromatic carbocycles. The first-order valence-corrected chi connectivity index (χ1v) is 9.01. The maximum absolute atomic E-state index is 9.03. The van der Waals surface area contributed by atoms with Crippen molar-refractivity contribution >= 4 is 11.6 Å². The normalized spacial score (nSPS) is 25.1. The molecule has 2 aliphatic heterocycles. The Labute approximate surface area is 147 Å². The first-order valence-electron chi connectivity index (χ1n) is 9.01. The van der Waals surface area contributed by atoms with Crippen LogP contribution in [0.15, 0.2) is 30.3 Å². The van der Waals surface area contributed by atoms with Gasteiger partial charge in [-0.05, 0) is 37.1 Å². The second kappa shape index (κ2) is 5.69. The molecule has 0 radical (unpaired) electrons. The van der Waals surface area contributed by atoms with Crippen molar-refractivity contribution in [3.63, 3.8) is 0 Å². The van der Waals surface area contributed by atoms with Crippen LogP contribution in [0.2, 0.25) is 0 Å². The number of aromatic nitrogens is 3. The van der Waals surface area contributed by atoms with Gasteiger partial charge in [0.15, 0.2) is 5.82 Å². The van der Waals surface area contributed by atoms with Crippen LogP contribution in [0.5, 0.6) is 0 Å². The van der Waals surface area contributed by atoms with Gasteiger partial charge in [-0.3, -0.25) is 0 Å². The molecule has 2 atom stereocenters. The fraction of sp³-hybridized carbons (Fsp3) is 0.474. The minimum Gasteiger partial charge on any atom is -0.356 e. The number of fused-ring (bicyclic) bond motifs is 1. The summed E-state index contributed by atoms with van der Waals surface area (Å²) >= 11 is 0. The number of rotatable bonds is 3. The Morgan fingerprint density at radius 2 is 1.60 bits per heavy atom. The predicted molar refractivity (Wildman–Crippen MR) is 94.4 cm³/mol. The van der Waals surface area contributed by atoms with E-state index < -0.39 is 0 Å². The van der Waals surface area contributed by atoms with Gasteiger partial charge < -0.3 is 9.80 Å². The fourth-order valence-corrected chi connectivity index (χ4v) is 4.13. The summed E-state index contributed by atoms with van der Waals surface area (Å²) < 4.78 is 0. The molecule has 2 aromatic heterocycles. The number of anilines is 2. The minimum absolute atomic E-state index is 0.488. The first-order chi connectivity index (χ1) is 12.3. The summed E-state index contributed by atoms with van der Waals surface area (Å²) in [5.41, 5.74) is 1.64. The van der Waals surface area contributed by atoms with Gasteiger partial charge in [-0.25, -0.2) is 4.98 Å². The maximum atomic E-state index is 9.03. The van der Waals surface area contributed by atoms with Gasteiger partial charge in [-0.1, -0.05) is 6.07 Å². The molecule has 126 valence electrons. The lowest BCUT2D eigenvalue weighted by Gasteiger charge is -2.22. The van der Waals surface area contributed by atoms with Gasteiger partial charge >= 0.3 is 0 Å². The van der Waals surface area contributed by atoms with Crippen LogP contribution in [0.25, 0.3) is 0 Å². The van der Waals surface area contributed by atoms with E-state index in [4.69, 9.17) is 5.26 Å². The molecular formula is C19H20N6. The Balaban J connectivity index is 1.26. The highest BCUT2D eigenvalue weighted by Crippen LogP contribution is 2.39. The topological polar surface area (TPSA) is 68.9 Å². The van der Waals surface area contributed by atoms with Gasteiger partial charge in [0.1, 0.15) is 17.6 Å². The Bertz CT molecular complexity index is 809. The van der Waals surface area contributed by atoms with Crippen molar-refractivity contribution in [2.24, 2.45) is 11.8 Å². The van der Waals surface area contributed by atoms with Gasteiger partial charge in [0.25, 0.3) is 0 Å². The summed E-state index contributed by atoms with van der Waals surface area (Å²) in [6.45, 7) is 4.04. The highest BCUT2D eigenvalue weighted by atomic mass is 15.3. The van der Waals surface area contributed by atoms with E-state index in [0.717, 1.165) is 43.5 Å². The molecule has 1 aliphatic carbocycles. The third-order valence-corrected chi connectivity index (χ3v) is 5.65. The maximum Gasteiger partial charge on any atom is 0.151 e. The molecule has 3 aliphatic rings. The van der Waals surface area contributed by atoms with E-state index in [-0.39, 0.29) is 0 Å². The lowest BCUT2D eigenvalue weighted by atomic mass is 10.0. The fourth-order valence-electron chi connectivity index (χ4n) is 4.13. The van der Waals surface area contributed by atoms with E-state index in [2.05, 4.69) is 43.2 Å². The predicted octanol–water partition coefficient (Wildman–Crippen LogP) is 2.19. The molecule has 0 amide bonds. The van der Waals surface area contributed by atoms with E-state index in [1.165, 1.54) is 12.8 Å². The van der Waals surface area contributed by atoms with Crippen LogP contribution in [-0.4, -0.2) is 41.4 Å². The second-order valence-corrected chi connectivity index (χ2v) is 7.41. The Morgan fingerprint density at radius 3 is 2.20 bits per heavy atom. The molecule has 0 spiro atoms.